The number of phosphoric acid groups is 1. The molecule has 12 heteroatoms. The molecular formula is C8H16NO10P. The summed E-state index contributed by atoms with van der Waals surface area (Å²) in [5.41, 5.74) is 0. The first kappa shape index (κ1) is 18.9. The van der Waals surface area contributed by atoms with E-state index in [0.29, 0.717) is 0 Å². The summed E-state index contributed by atoms with van der Waals surface area (Å²) >= 11 is 0. The second kappa shape index (κ2) is 7.64. The number of aliphatic hydroxyl groups excluding tert-OH is 4. The van der Waals surface area contributed by atoms with Crippen molar-refractivity contribution in [3.05, 3.63) is 0 Å². The molecule has 0 rings (SSSR count). The number of phosphoric ester groups is 1. The zero-order valence-corrected chi connectivity index (χ0v) is 11.2. The summed E-state index contributed by atoms with van der Waals surface area (Å²) in [5, 5.41) is 38.5. The average Bonchev–Trinajstić information content (AvgIpc) is 2.30. The quantitative estimate of drug-likeness (QED) is 0.229. The fraction of sp³-hybridized carbons (Fsp3) is 0.750. The molecule has 0 radical (unpaired) electrons. The molecule has 11 nitrogen and oxygen atoms in total. The van der Waals surface area contributed by atoms with Gasteiger partial charge < -0.3 is 30.3 Å². The van der Waals surface area contributed by atoms with Gasteiger partial charge in [-0.05, 0) is 0 Å². The maximum absolute atomic E-state index is 11.4. The van der Waals surface area contributed by atoms with Gasteiger partial charge in [-0.15, -0.1) is 0 Å². The number of carbonyl (C=O) groups excluding carboxylic acids is 2. The van der Waals surface area contributed by atoms with Crippen LogP contribution in [-0.2, 0) is 18.7 Å². The van der Waals surface area contributed by atoms with E-state index in [1.165, 1.54) is 0 Å². The van der Waals surface area contributed by atoms with Gasteiger partial charge in [-0.1, -0.05) is 0 Å². The lowest BCUT2D eigenvalue weighted by atomic mass is 10.0. The first-order valence-corrected chi connectivity index (χ1v) is 6.73. The largest absolute Gasteiger partial charge is 0.527 e. The topological polar surface area (TPSA) is 194 Å². The number of hydrogen-bond acceptors (Lipinski definition) is 8. The van der Waals surface area contributed by atoms with Crippen LogP contribution in [0, 0.1) is 0 Å². The highest BCUT2D eigenvalue weighted by atomic mass is 31.2. The predicted octanol–water partition coefficient (Wildman–Crippen LogP) is -3.80. The molecule has 0 aromatic rings. The Morgan fingerprint density at radius 1 is 1.20 bits per heavy atom. The third-order valence-corrected chi connectivity index (χ3v) is 2.51. The lowest BCUT2D eigenvalue weighted by Gasteiger charge is -2.27. The second-order valence-corrected chi connectivity index (χ2v) is 4.97. The highest BCUT2D eigenvalue weighted by Crippen LogP contribution is 2.36. The van der Waals surface area contributed by atoms with E-state index in [0.717, 1.165) is 6.92 Å². The van der Waals surface area contributed by atoms with E-state index >= 15 is 0 Å². The molecule has 0 aliphatic carbocycles. The van der Waals surface area contributed by atoms with Crippen LogP contribution in [0.2, 0.25) is 0 Å². The molecule has 0 bridgehead atoms. The van der Waals surface area contributed by atoms with Crippen molar-refractivity contribution in [1.82, 2.24) is 5.32 Å². The Hall–Kier alpha value is -1.07. The van der Waals surface area contributed by atoms with Gasteiger partial charge in [-0.2, -0.15) is 0 Å². The van der Waals surface area contributed by atoms with Gasteiger partial charge in [0.1, 0.15) is 18.3 Å². The minimum absolute atomic E-state index is 0.873. The van der Waals surface area contributed by atoms with E-state index in [1.807, 2.05) is 0 Å². The Bertz CT molecular complexity index is 395. The fourth-order valence-corrected chi connectivity index (χ4v) is 1.56. The molecule has 0 saturated heterocycles. The summed E-state index contributed by atoms with van der Waals surface area (Å²) in [6.45, 7) is -0.0299. The third kappa shape index (κ3) is 6.39. The van der Waals surface area contributed by atoms with Crippen LogP contribution in [0.3, 0.4) is 0 Å². The van der Waals surface area contributed by atoms with Crippen molar-refractivity contribution in [2.24, 2.45) is 0 Å². The lowest BCUT2D eigenvalue weighted by Crippen LogP contribution is -2.56. The molecule has 4 atom stereocenters. The number of rotatable bonds is 7. The average molecular weight is 317 g/mol. The molecule has 0 fully saturated rings. The maximum Gasteiger partial charge on any atom is 0.527 e. The number of amides is 1. The molecule has 7 N–H and O–H groups in total. The number of aliphatic hydroxyl groups is 4. The first-order chi connectivity index (χ1) is 8.99. The van der Waals surface area contributed by atoms with Gasteiger partial charge in [0.15, 0.2) is 6.04 Å². The summed E-state index contributed by atoms with van der Waals surface area (Å²) in [6, 6.07) is -2.05. The highest BCUT2D eigenvalue weighted by molar-refractivity contribution is 7.46. The first-order valence-electron chi connectivity index (χ1n) is 5.20. The maximum atomic E-state index is 11.4. The molecule has 0 aliphatic rings. The monoisotopic (exact) mass is 317 g/mol. The van der Waals surface area contributed by atoms with E-state index in [9.17, 15) is 24.4 Å². The third-order valence-electron chi connectivity index (χ3n) is 2.09. The van der Waals surface area contributed by atoms with Crippen LogP contribution in [0.1, 0.15) is 6.92 Å². The molecule has 0 spiro atoms. The molecule has 118 valence electrons. The Morgan fingerprint density at radius 3 is 2.05 bits per heavy atom. The van der Waals surface area contributed by atoms with Crippen LogP contribution >= 0.6 is 7.82 Å². The van der Waals surface area contributed by atoms with Crippen molar-refractivity contribution >= 4 is 19.7 Å². The normalized spacial score (nSPS) is 17.8. The van der Waals surface area contributed by atoms with Gasteiger partial charge in [0.25, 0.3) is 0 Å². The highest BCUT2D eigenvalue weighted by Gasteiger charge is 2.39. The standard InChI is InChI=1S/C8H16NO10P/c1-3(11)9-5(8(15)19-20(16,17)18)7(14)6(13)4(12)2-10/h4-7,10,12-14H,2H2,1H3,(H,9,11)(H2,16,17,18)/t4?,5-,6-,7-/m1/s1. The van der Waals surface area contributed by atoms with E-state index in [-0.39, 0.29) is 0 Å². The molecule has 20 heavy (non-hydrogen) atoms. The molecule has 1 unspecified atom stereocenters. The predicted molar refractivity (Wildman–Crippen MR) is 60.8 cm³/mol. The van der Waals surface area contributed by atoms with Crippen LogP contribution in [0.4, 0.5) is 0 Å². The van der Waals surface area contributed by atoms with Gasteiger partial charge in [-0.3, -0.25) is 14.6 Å². The van der Waals surface area contributed by atoms with Crippen molar-refractivity contribution < 1.29 is 48.9 Å². The van der Waals surface area contributed by atoms with Gasteiger partial charge >= 0.3 is 13.8 Å². The minimum Gasteiger partial charge on any atom is -0.394 e. The van der Waals surface area contributed by atoms with Crippen LogP contribution in [0.25, 0.3) is 0 Å². The van der Waals surface area contributed by atoms with Crippen LogP contribution in [0.5, 0.6) is 0 Å². The van der Waals surface area contributed by atoms with Gasteiger partial charge in [-0.25, -0.2) is 9.36 Å². The zero-order valence-electron chi connectivity index (χ0n) is 10.3. The summed E-state index contributed by atoms with van der Waals surface area (Å²) in [5.74, 6) is -2.59. The molecule has 1 amide bonds. The SMILES string of the molecule is CC(=O)N[C@@H](C(=O)OP(=O)(O)O)[C@@H](O)[C@H](O)C(O)CO. The van der Waals surface area contributed by atoms with Crippen molar-refractivity contribution in [3.63, 3.8) is 0 Å². The molecule has 0 heterocycles. The van der Waals surface area contributed by atoms with Crippen molar-refractivity contribution in [2.75, 3.05) is 6.61 Å². The van der Waals surface area contributed by atoms with Crippen molar-refractivity contribution in [2.45, 2.75) is 31.3 Å². The molecule has 0 aromatic heterocycles. The Morgan fingerprint density at radius 2 is 1.70 bits per heavy atom. The number of nitrogens with one attached hydrogen (secondary N) is 1. The van der Waals surface area contributed by atoms with Gasteiger partial charge in [0, 0.05) is 6.92 Å². The van der Waals surface area contributed by atoms with Gasteiger partial charge in [0.05, 0.1) is 6.61 Å². The van der Waals surface area contributed by atoms with E-state index < -0.39 is 50.7 Å². The van der Waals surface area contributed by atoms with Crippen LogP contribution in [0.15, 0.2) is 0 Å². The molecule has 0 aliphatic heterocycles. The van der Waals surface area contributed by atoms with E-state index in [4.69, 9.17) is 20.0 Å². The van der Waals surface area contributed by atoms with Crippen molar-refractivity contribution in [1.29, 1.82) is 0 Å². The second-order valence-electron chi connectivity index (χ2n) is 3.81. The van der Waals surface area contributed by atoms with Crippen molar-refractivity contribution in [3.8, 4) is 0 Å². The van der Waals surface area contributed by atoms with E-state index in [2.05, 4.69) is 4.52 Å². The Labute approximate surface area is 113 Å². The molecular weight excluding hydrogens is 301 g/mol. The Balaban J connectivity index is 5.09. The van der Waals surface area contributed by atoms with Gasteiger partial charge in [0.2, 0.25) is 5.91 Å². The summed E-state index contributed by atoms with van der Waals surface area (Å²) in [6.07, 6.45) is -6.08. The number of carbonyl (C=O) groups is 2. The van der Waals surface area contributed by atoms with Crippen LogP contribution in [-0.4, -0.2) is 73.1 Å². The Kier molecular flexibility index (Phi) is 7.23. The summed E-state index contributed by atoms with van der Waals surface area (Å²) < 4.78 is 14.2. The zero-order chi connectivity index (χ0) is 16.1. The fourth-order valence-electron chi connectivity index (χ4n) is 1.21. The minimum atomic E-state index is -5.23. The number of hydrogen-bond donors (Lipinski definition) is 7. The summed E-state index contributed by atoms with van der Waals surface area (Å²) in [7, 11) is -5.23. The van der Waals surface area contributed by atoms with E-state index in [1.54, 1.807) is 5.32 Å². The molecule has 0 saturated carbocycles. The van der Waals surface area contributed by atoms with Crippen LogP contribution < -0.4 is 5.32 Å². The lowest BCUT2D eigenvalue weighted by molar-refractivity contribution is -0.150. The molecule has 0 aromatic carbocycles. The smallest absolute Gasteiger partial charge is 0.394 e. The summed E-state index contributed by atoms with van der Waals surface area (Å²) in [4.78, 5) is 39.2.